The van der Waals surface area contributed by atoms with Crippen LogP contribution in [0.15, 0.2) is 36.9 Å². The molecule has 0 spiro atoms. The standard InChI is InChI=1S/C15H17N3O.ClH/c1-16-9-15-14-6-12(13-7-17-10-18-8-13)3-2-11(14)4-5-19-15;/h2-3,6-8,10,15-16H,4-5,9H2,1H3;1H/t15-;/m0./s1. The van der Waals surface area contributed by atoms with Crippen molar-refractivity contribution in [3.63, 3.8) is 0 Å². The van der Waals surface area contributed by atoms with Gasteiger partial charge in [-0.2, -0.15) is 0 Å². The fourth-order valence-electron chi connectivity index (χ4n) is 2.51. The number of aromatic nitrogens is 2. The number of nitrogens with one attached hydrogen (secondary N) is 1. The Bertz CT molecular complexity index is 562. The minimum absolute atomic E-state index is 0. The van der Waals surface area contributed by atoms with Gasteiger partial charge >= 0.3 is 0 Å². The van der Waals surface area contributed by atoms with Gasteiger partial charge in [-0.25, -0.2) is 9.97 Å². The molecule has 0 saturated carbocycles. The van der Waals surface area contributed by atoms with Crippen LogP contribution in [0.3, 0.4) is 0 Å². The lowest BCUT2D eigenvalue weighted by molar-refractivity contribution is 0.0439. The van der Waals surface area contributed by atoms with Crippen LogP contribution in [0.1, 0.15) is 17.2 Å². The molecule has 4 nitrogen and oxygen atoms in total. The minimum atomic E-state index is 0. The Hall–Kier alpha value is -1.49. The number of nitrogens with zero attached hydrogens (tertiary/aromatic N) is 2. The summed E-state index contributed by atoms with van der Waals surface area (Å²) < 4.78 is 5.84. The van der Waals surface area contributed by atoms with Gasteiger partial charge in [-0.3, -0.25) is 0 Å². The van der Waals surface area contributed by atoms with Crippen LogP contribution in [0, 0.1) is 0 Å². The summed E-state index contributed by atoms with van der Waals surface area (Å²) >= 11 is 0. The van der Waals surface area contributed by atoms with Crippen molar-refractivity contribution in [1.82, 2.24) is 15.3 Å². The van der Waals surface area contributed by atoms with Crippen LogP contribution in [0.4, 0.5) is 0 Å². The van der Waals surface area contributed by atoms with E-state index in [1.807, 2.05) is 19.4 Å². The summed E-state index contributed by atoms with van der Waals surface area (Å²) in [7, 11) is 1.95. The van der Waals surface area contributed by atoms with Gasteiger partial charge in [-0.15, -0.1) is 12.4 Å². The molecule has 0 radical (unpaired) electrons. The zero-order chi connectivity index (χ0) is 13.1. The van der Waals surface area contributed by atoms with Gasteiger partial charge in [0, 0.05) is 24.5 Å². The van der Waals surface area contributed by atoms with Crippen molar-refractivity contribution in [3.05, 3.63) is 48.0 Å². The molecule has 2 aromatic rings. The Morgan fingerprint density at radius 3 is 2.80 bits per heavy atom. The number of rotatable bonds is 3. The van der Waals surface area contributed by atoms with Crippen molar-refractivity contribution in [3.8, 4) is 11.1 Å². The summed E-state index contributed by atoms with van der Waals surface area (Å²) in [6, 6.07) is 6.54. The maximum atomic E-state index is 5.84. The zero-order valence-corrected chi connectivity index (χ0v) is 12.2. The zero-order valence-electron chi connectivity index (χ0n) is 11.4. The SMILES string of the molecule is CNC[C@@H]1OCCc2ccc(-c3cncnc3)cc21.Cl. The van der Waals surface area contributed by atoms with E-state index in [4.69, 9.17) is 4.74 Å². The second-order valence-electron chi connectivity index (χ2n) is 4.71. The van der Waals surface area contributed by atoms with E-state index in [-0.39, 0.29) is 18.5 Å². The molecule has 1 aromatic carbocycles. The summed E-state index contributed by atoms with van der Waals surface area (Å²) in [5, 5.41) is 3.19. The number of fused-ring (bicyclic) bond motifs is 1. The number of ether oxygens (including phenoxy) is 1. The lowest BCUT2D eigenvalue weighted by atomic mass is 9.93. The van der Waals surface area contributed by atoms with E-state index < -0.39 is 0 Å². The number of hydrogen-bond donors (Lipinski definition) is 1. The average molecular weight is 292 g/mol. The largest absolute Gasteiger partial charge is 0.372 e. The molecule has 3 rings (SSSR count). The van der Waals surface area contributed by atoms with Crippen molar-refractivity contribution >= 4 is 12.4 Å². The highest BCUT2D eigenvalue weighted by molar-refractivity contribution is 5.85. The van der Waals surface area contributed by atoms with E-state index in [1.165, 1.54) is 11.1 Å². The Morgan fingerprint density at radius 1 is 1.25 bits per heavy atom. The summed E-state index contributed by atoms with van der Waals surface area (Å²) in [4.78, 5) is 8.15. The molecular weight excluding hydrogens is 274 g/mol. The van der Waals surface area contributed by atoms with Crippen molar-refractivity contribution in [2.45, 2.75) is 12.5 Å². The van der Waals surface area contributed by atoms with Crippen molar-refractivity contribution in [2.75, 3.05) is 20.2 Å². The molecule has 1 atom stereocenters. The van der Waals surface area contributed by atoms with E-state index >= 15 is 0 Å². The quantitative estimate of drug-likeness (QED) is 0.943. The molecule has 0 fully saturated rings. The molecule has 2 heterocycles. The molecule has 1 aliphatic heterocycles. The second kappa shape index (κ2) is 6.79. The van der Waals surface area contributed by atoms with Crippen LogP contribution in [0.5, 0.6) is 0 Å². The molecule has 0 saturated heterocycles. The first-order valence-corrected chi connectivity index (χ1v) is 6.53. The van der Waals surface area contributed by atoms with Crippen LogP contribution >= 0.6 is 12.4 Å². The van der Waals surface area contributed by atoms with E-state index in [1.54, 1.807) is 6.33 Å². The highest BCUT2D eigenvalue weighted by atomic mass is 35.5. The van der Waals surface area contributed by atoms with Gasteiger partial charge in [0.25, 0.3) is 0 Å². The molecule has 1 aromatic heterocycles. The summed E-state index contributed by atoms with van der Waals surface area (Å²) in [6.07, 6.45) is 6.35. The summed E-state index contributed by atoms with van der Waals surface area (Å²) in [5.74, 6) is 0. The summed E-state index contributed by atoms with van der Waals surface area (Å²) in [6.45, 7) is 1.63. The van der Waals surface area contributed by atoms with Crippen molar-refractivity contribution < 1.29 is 4.74 Å². The van der Waals surface area contributed by atoms with E-state index in [0.717, 1.165) is 30.7 Å². The van der Waals surface area contributed by atoms with E-state index in [2.05, 4.69) is 33.5 Å². The van der Waals surface area contributed by atoms with Crippen LogP contribution in [-0.2, 0) is 11.2 Å². The first kappa shape index (κ1) is 14.9. The van der Waals surface area contributed by atoms with Crippen molar-refractivity contribution in [2.24, 2.45) is 0 Å². The molecule has 0 bridgehead atoms. The molecule has 106 valence electrons. The Labute approximate surface area is 125 Å². The second-order valence-corrected chi connectivity index (χ2v) is 4.71. The highest BCUT2D eigenvalue weighted by Gasteiger charge is 2.20. The third-order valence-electron chi connectivity index (χ3n) is 3.47. The van der Waals surface area contributed by atoms with E-state index in [9.17, 15) is 0 Å². The fraction of sp³-hybridized carbons (Fsp3) is 0.333. The molecule has 1 aliphatic rings. The average Bonchev–Trinajstić information content (AvgIpc) is 2.48. The van der Waals surface area contributed by atoms with Gasteiger partial charge in [-0.05, 0) is 36.2 Å². The predicted molar refractivity (Wildman–Crippen MR) is 81.0 cm³/mol. The number of likely N-dealkylation sites (N-methyl/N-ethyl adjacent to an activating group) is 1. The molecule has 20 heavy (non-hydrogen) atoms. The molecule has 0 amide bonds. The first-order chi connectivity index (χ1) is 9.38. The topological polar surface area (TPSA) is 47.0 Å². The number of halogens is 1. The van der Waals surface area contributed by atoms with Gasteiger partial charge in [-0.1, -0.05) is 12.1 Å². The van der Waals surface area contributed by atoms with E-state index in [0.29, 0.717) is 0 Å². The Morgan fingerprint density at radius 2 is 2.05 bits per heavy atom. The van der Waals surface area contributed by atoms with Crippen LogP contribution < -0.4 is 5.32 Å². The van der Waals surface area contributed by atoms with Crippen LogP contribution in [0.2, 0.25) is 0 Å². The van der Waals surface area contributed by atoms with Crippen LogP contribution in [0.25, 0.3) is 11.1 Å². The maximum Gasteiger partial charge on any atom is 0.115 e. The number of hydrogen-bond acceptors (Lipinski definition) is 4. The smallest absolute Gasteiger partial charge is 0.115 e. The fourth-order valence-corrected chi connectivity index (χ4v) is 2.51. The molecule has 0 aliphatic carbocycles. The number of benzene rings is 1. The Kier molecular flexibility index (Phi) is 5.06. The lowest BCUT2D eigenvalue weighted by Crippen LogP contribution is -2.25. The molecule has 0 unspecified atom stereocenters. The molecule has 5 heteroatoms. The normalized spacial score (nSPS) is 17.1. The monoisotopic (exact) mass is 291 g/mol. The lowest BCUT2D eigenvalue weighted by Gasteiger charge is -2.26. The van der Waals surface area contributed by atoms with Gasteiger partial charge in [0.15, 0.2) is 0 Å². The van der Waals surface area contributed by atoms with Gasteiger partial charge in [0.05, 0.1) is 12.7 Å². The third kappa shape index (κ3) is 2.98. The first-order valence-electron chi connectivity index (χ1n) is 6.53. The minimum Gasteiger partial charge on any atom is -0.372 e. The van der Waals surface area contributed by atoms with Gasteiger partial charge in [0.2, 0.25) is 0 Å². The summed E-state index contributed by atoms with van der Waals surface area (Å²) in [5.41, 5.74) is 4.85. The molecular formula is C15H18ClN3O. The van der Waals surface area contributed by atoms with Gasteiger partial charge in [0.1, 0.15) is 6.33 Å². The molecule has 1 N–H and O–H groups in total. The Balaban J connectivity index is 0.00000147. The van der Waals surface area contributed by atoms with Gasteiger partial charge < -0.3 is 10.1 Å². The highest BCUT2D eigenvalue weighted by Crippen LogP contribution is 2.30. The van der Waals surface area contributed by atoms with Crippen molar-refractivity contribution in [1.29, 1.82) is 0 Å². The van der Waals surface area contributed by atoms with Crippen LogP contribution in [-0.4, -0.2) is 30.2 Å². The maximum absolute atomic E-state index is 5.84. The third-order valence-corrected chi connectivity index (χ3v) is 3.47. The predicted octanol–water partition coefficient (Wildman–Crippen LogP) is 2.40.